The Morgan fingerprint density at radius 1 is 0.271 bits per heavy atom. The smallest absolute Gasteiger partial charge is 0.164 e. The number of hydrogen-bond acceptors (Lipinski definition) is 6. The van der Waals surface area contributed by atoms with Gasteiger partial charge in [0.05, 0.1) is 5.41 Å². The zero-order valence-electron chi connectivity index (χ0n) is 37.3. The number of fused-ring (bicyclic) bond motifs is 20. The molecule has 16 rings (SSSR count). The van der Waals surface area contributed by atoms with Crippen LogP contribution in [0.25, 0.3) is 133 Å². The van der Waals surface area contributed by atoms with E-state index in [1.54, 1.807) is 0 Å². The Balaban J connectivity index is 0.895. The molecule has 0 saturated carbocycles. The third-order valence-corrected chi connectivity index (χ3v) is 14.9. The Morgan fingerprint density at radius 2 is 0.800 bits per heavy atom. The summed E-state index contributed by atoms with van der Waals surface area (Å²) in [7, 11) is 0. The van der Waals surface area contributed by atoms with E-state index in [2.05, 4.69) is 152 Å². The highest BCUT2D eigenvalue weighted by Crippen LogP contribution is 2.65. The molecule has 0 saturated heterocycles. The molecule has 4 heterocycles. The fourth-order valence-electron chi connectivity index (χ4n) is 11.9. The summed E-state index contributed by atoms with van der Waals surface area (Å²) < 4.78 is 19.8. The molecule has 10 aromatic carbocycles. The van der Waals surface area contributed by atoms with Crippen molar-refractivity contribution in [1.82, 2.24) is 15.0 Å². The average molecular weight is 894 g/mol. The van der Waals surface area contributed by atoms with Crippen molar-refractivity contribution in [2.45, 2.75) is 5.41 Å². The van der Waals surface area contributed by atoms with Crippen LogP contribution >= 0.6 is 0 Å². The first-order valence-electron chi connectivity index (χ1n) is 23.6. The molecule has 70 heavy (non-hydrogen) atoms. The van der Waals surface area contributed by atoms with Gasteiger partial charge in [-0.3, -0.25) is 0 Å². The number of nitrogens with zero attached hydrogens (tertiary/aromatic N) is 3. The molecule has 0 unspecified atom stereocenters. The van der Waals surface area contributed by atoms with E-state index in [-0.39, 0.29) is 0 Å². The summed E-state index contributed by atoms with van der Waals surface area (Å²) in [6.45, 7) is 0. The van der Waals surface area contributed by atoms with Gasteiger partial charge in [0.25, 0.3) is 0 Å². The van der Waals surface area contributed by atoms with Gasteiger partial charge in [0.15, 0.2) is 17.5 Å². The van der Waals surface area contributed by atoms with Crippen LogP contribution < -0.4 is 0 Å². The fourth-order valence-corrected chi connectivity index (χ4v) is 11.9. The van der Waals surface area contributed by atoms with Gasteiger partial charge in [0, 0.05) is 49.0 Å². The summed E-state index contributed by atoms with van der Waals surface area (Å²) in [5.74, 6) is 1.75. The molecule has 0 fully saturated rings. The second-order valence-electron chi connectivity index (χ2n) is 18.6. The lowest BCUT2D eigenvalue weighted by molar-refractivity contribution is 0.666. The molecule has 4 aromatic heterocycles. The zero-order valence-corrected chi connectivity index (χ0v) is 37.3. The summed E-state index contributed by atoms with van der Waals surface area (Å²) in [5.41, 5.74) is 19.1. The quantitative estimate of drug-likeness (QED) is 0.175. The maximum absolute atomic E-state index is 6.86. The zero-order chi connectivity index (χ0) is 45.7. The van der Waals surface area contributed by atoms with E-state index >= 15 is 0 Å². The third kappa shape index (κ3) is 5.08. The lowest BCUT2D eigenvalue weighted by atomic mass is 9.69. The standard InChI is InChI=1S/C64H35N3O3/c1-2-13-36(14-3-1)61-65-62(67-63(66-61)40-25-27-45-43-19-6-10-23-53(43)69-57(45)33-40)39-16-12-15-37(31-39)38-26-29-55-49(32-38)59-56(68-55)30-28-46-47-34-48-44-20-7-11-24-54(44)70-58(48)35-52(47)64(60(46)59)50-21-8-4-17-41(50)42-18-5-9-22-51(42)64/h1-35H. The number of aromatic nitrogens is 3. The van der Waals surface area contributed by atoms with Gasteiger partial charge in [-0.25, -0.2) is 15.0 Å². The van der Waals surface area contributed by atoms with Gasteiger partial charge in [-0.1, -0.05) is 152 Å². The number of hydrogen-bond donors (Lipinski definition) is 0. The maximum Gasteiger partial charge on any atom is 0.164 e. The minimum atomic E-state index is -0.626. The molecule has 1 spiro atoms. The number of rotatable bonds is 4. The maximum atomic E-state index is 6.86. The van der Waals surface area contributed by atoms with Gasteiger partial charge in [-0.15, -0.1) is 0 Å². The molecular formula is C64H35N3O3. The van der Waals surface area contributed by atoms with Crippen LogP contribution in [-0.4, -0.2) is 15.0 Å². The highest BCUT2D eigenvalue weighted by atomic mass is 16.3. The molecule has 6 heteroatoms. The summed E-state index contributed by atoms with van der Waals surface area (Å²) in [5, 5.41) is 6.55. The molecule has 0 aliphatic heterocycles. The van der Waals surface area contributed by atoms with Crippen molar-refractivity contribution in [2.75, 3.05) is 0 Å². The predicted octanol–water partition coefficient (Wildman–Crippen LogP) is 16.6. The monoisotopic (exact) mass is 893 g/mol. The van der Waals surface area contributed by atoms with Crippen molar-refractivity contribution >= 4 is 65.8 Å². The second kappa shape index (κ2) is 13.8. The topological polar surface area (TPSA) is 78.1 Å². The molecule has 6 nitrogen and oxygen atoms in total. The number of benzene rings is 10. The van der Waals surface area contributed by atoms with E-state index in [0.717, 1.165) is 93.6 Å². The Morgan fingerprint density at radius 3 is 1.56 bits per heavy atom. The van der Waals surface area contributed by atoms with Crippen LogP contribution in [0, 0.1) is 0 Å². The highest BCUT2D eigenvalue weighted by molar-refractivity contribution is 6.16. The number of furan rings is 3. The fraction of sp³-hybridized carbons (Fsp3) is 0.0156. The lowest BCUT2D eigenvalue weighted by Gasteiger charge is -2.31. The van der Waals surface area contributed by atoms with Gasteiger partial charge in [0.1, 0.15) is 33.5 Å². The van der Waals surface area contributed by atoms with E-state index in [1.165, 1.54) is 44.5 Å². The molecule has 0 bridgehead atoms. The molecular weight excluding hydrogens is 859 g/mol. The largest absolute Gasteiger partial charge is 0.456 e. The van der Waals surface area contributed by atoms with Gasteiger partial charge in [-0.2, -0.15) is 0 Å². The lowest BCUT2D eigenvalue weighted by Crippen LogP contribution is -2.26. The van der Waals surface area contributed by atoms with E-state index in [1.807, 2.05) is 60.7 Å². The third-order valence-electron chi connectivity index (χ3n) is 14.9. The molecule has 2 aliphatic rings. The van der Waals surface area contributed by atoms with Crippen LogP contribution in [0.3, 0.4) is 0 Å². The Kier molecular flexibility index (Phi) is 7.45. The minimum absolute atomic E-state index is 0.572. The van der Waals surface area contributed by atoms with Gasteiger partial charge >= 0.3 is 0 Å². The van der Waals surface area contributed by atoms with Crippen molar-refractivity contribution in [3.63, 3.8) is 0 Å². The van der Waals surface area contributed by atoms with Crippen molar-refractivity contribution < 1.29 is 13.3 Å². The first-order valence-corrected chi connectivity index (χ1v) is 23.6. The van der Waals surface area contributed by atoms with Gasteiger partial charge in [0.2, 0.25) is 0 Å². The van der Waals surface area contributed by atoms with E-state index in [0.29, 0.717) is 17.5 Å². The highest BCUT2D eigenvalue weighted by Gasteiger charge is 2.53. The predicted molar refractivity (Wildman–Crippen MR) is 280 cm³/mol. The summed E-state index contributed by atoms with van der Waals surface area (Å²) in [6, 6.07) is 74.8. The summed E-state index contributed by atoms with van der Waals surface area (Å²) >= 11 is 0. The summed E-state index contributed by atoms with van der Waals surface area (Å²) in [6.07, 6.45) is 0. The van der Waals surface area contributed by atoms with Crippen LogP contribution in [0.15, 0.2) is 226 Å². The van der Waals surface area contributed by atoms with E-state index in [9.17, 15) is 0 Å². The molecule has 0 N–H and O–H groups in total. The molecule has 0 radical (unpaired) electrons. The van der Waals surface area contributed by atoms with Gasteiger partial charge < -0.3 is 13.3 Å². The molecule has 324 valence electrons. The Bertz CT molecular complexity index is 4510. The molecule has 0 amide bonds. The second-order valence-corrected chi connectivity index (χ2v) is 18.6. The number of para-hydroxylation sites is 2. The minimum Gasteiger partial charge on any atom is -0.456 e. The SMILES string of the molecule is c1ccc(-c2nc(-c3cccc(-c4ccc5oc6ccc7c(c6c5c4)C4(c5ccccc5-c5ccccc54)c4cc5oc6ccccc6c5cc4-7)c3)nc(-c3ccc4c(c3)oc3ccccc34)n2)cc1. The van der Waals surface area contributed by atoms with Gasteiger partial charge in [-0.05, 0) is 116 Å². The average Bonchev–Trinajstić information content (AvgIpc) is 4.23. The molecule has 0 atom stereocenters. The van der Waals surface area contributed by atoms with Crippen LogP contribution in [0.4, 0.5) is 0 Å². The summed E-state index contributed by atoms with van der Waals surface area (Å²) in [4.78, 5) is 15.3. The van der Waals surface area contributed by atoms with Crippen molar-refractivity contribution in [1.29, 1.82) is 0 Å². The first kappa shape index (κ1) is 37.7. The first-order chi connectivity index (χ1) is 34.7. The van der Waals surface area contributed by atoms with Crippen LogP contribution in [-0.2, 0) is 5.41 Å². The Labute approximate surface area is 399 Å². The van der Waals surface area contributed by atoms with E-state index in [4.69, 9.17) is 28.2 Å². The molecule has 14 aromatic rings. The van der Waals surface area contributed by atoms with Crippen molar-refractivity contribution in [3.8, 4) is 67.5 Å². The van der Waals surface area contributed by atoms with Crippen LogP contribution in [0.1, 0.15) is 22.3 Å². The van der Waals surface area contributed by atoms with Crippen LogP contribution in [0.2, 0.25) is 0 Å². The Hall–Kier alpha value is -9.39. The van der Waals surface area contributed by atoms with E-state index < -0.39 is 5.41 Å². The van der Waals surface area contributed by atoms with Crippen LogP contribution in [0.5, 0.6) is 0 Å². The van der Waals surface area contributed by atoms with Crippen molar-refractivity contribution in [2.24, 2.45) is 0 Å². The van der Waals surface area contributed by atoms with Crippen molar-refractivity contribution in [3.05, 3.63) is 235 Å². The normalized spacial score (nSPS) is 13.3. The molecule has 2 aliphatic carbocycles.